The summed E-state index contributed by atoms with van der Waals surface area (Å²) in [6.07, 6.45) is 4.07. The molecule has 1 fully saturated rings. The van der Waals surface area contributed by atoms with Gasteiger partial charge in [0.05, 0.1) is 13.2 Å². The normalized spacial score (nSPS) is 19.6. The summed E-state index contributed by atoms with van der Waals surface area (Å²) in [4.78, 5) is 14.8. The number of benzene rings is 2. The van der Waals surface area contributed by atoms with Gasteiger partial charge in [0, 0.05) is 12.1 Å². The Bertz CT molecular complexity index is 780. The molecule has 1 amide bonds. The summed E-state index contributed by atoms with van der Waals surface area (Å²) in [6.45, 7) is 0.643. The standard InChI is InChI=1S/C22H24N2O2/c1-26-20-11-9-18(10-12-20)13-15-22(17-23)14-5-6-16-24(22)21(25)19-7-3-2-4-8-19/h2-4,7-12H,5-6,13-16H2,1H3. The molecule has 0 N–H and O–H groups in total. The molecule has 4 nitrogen and oxygen atoms in total. The number of rotatable bonds is 5. The molecule has 1 heterocycles. The van der Waals surface area contributed by atoms with E-state index in [2.05, 4.69) is 6.07 Å². The number of piperidine rings is 1. The molecule has 0 bridgehead atoms. The van der Waals surface area contributed by atoms with Gasteiger partial charge in [-0.15, -0.1) is 0 Å². The first-order valence-corrected chi connectivity index (χ1v) is 9.10. The summed E-state index contributed by atoms with van der Waals surface area (Å²) >= 11 is 0. The van der Waals surface area contributed by atoms with Gasteiger partial charge in [-0.25, -0.2) is 0 Å². The average Bonchev–Trinajstić information content (AvgIpc) is 2.73. The van der Waals surface area contributed by atoms with Crippen LogP contribution in [0.4, 0.5) is 0 Å². The van der Waals surface area contributed by atoms with Crippen LogP contribution in [-0.4, -0.2) is 30.0 Å². The molecule has 3 rings (SSSR count). The number of hydrogen-bond acceptors (Lipinski definition) is 3. The van der Waals surface area contributed by atoms with Crippen LogP contribution < -0.4 is 4.74 Å². The number of carbonyl (C=O) groups excluding carboxylic acids is 1. The van der Waals surface area contributed by atoms with Crippen molar-refractivity contribution in [2.45, 2.75) is 37.6 Å². The van der Waals surface area contributed by atoms with Crippen molar-refractivity contribution in [2.24, 2.45) is 0 Å². The maximum absolute atomic E-state index is 13.0. The van der Waals surface area contributed by atoms with Crippen molar-refractivity contribution in [3.63, 3.8) is 0 Å². The SMILES string of the molecule is COc1ccc(CCC2(C#N)CCCCN2C(=O)c2ccccc2)cc1. The van der Waals surface area contributed by atoms with Gasteiger partial charge in [0.15, 0.2) is 0 Å². The lowest BCUT2D eigenvalue weighted by atomic mass is 9.82. The van der Waals surface area contributed by atoms with Gasteiger partial charge in [-0.3, -0.25) is 4.79 Å². The fraction of sp³-hybridized carbons (Fsp3) is 0.364. The first-order valence-electron chi connectivity index (χ1n) is 9.10. The van der Waals surface area contributed by atoms with E-state index in [1.165, 1.54) is 0 Å². The maximum Gasteiger partial charge on any atom is 0.255 e. The van der Waals surface area contributed by atoms with Crippen LogP contribution in [0, 0.1) is 11.3 Å². The monoisotopic (exact) mass is 348 g/mol. The topological polar surface area (TPSA) is 53.3 Å². The molecule has 1 aliphatic rings. The molecule has 0 spiro atoms. The van der Waals surface area contributed by atoms with E-state index in [9.17, 15) is 10.1 Å². The second kappa shape index (κ2) is 8.05. The van der Waals surface area contributed by atoms with Crippen LogP contribution >= 0.6 is 0 Å². The predicted octanol–water partition coefficient (Wildman–Crippen LogP) is 4.22. The van der Waals surface area contributed by atoms with E-state index in [4.69, 9.17) is 4.74 Å². The van der Waals surface area contributed by atoms with Crippen molar-refractivity contribution in [1.29, 1.82) is 5.26 Å². The summed E-state index contributed by atoms with van der Waals surface area (Å²) in [7, 11) is 1.65. The van der Waals surface area contributed by atoms with Crippen molar-refractivity contribution >= 4 is 5.91 Å². The number of carbonyl (C=O) groups is 1. The highest BCUT2D eigenvalue weighted by atomic mass is 16.5. The van der Waals surface area contributed by atoms with Gasteiger partial charge in [0.2, 0.25) is 0 Å². The molecule has 1 atom stereocenters. The number of ether oxygens (including phenoxy) is 1. The molecule has 2 aromatic carbocycles. The molecule has 26 heavy (non-hydrogen) atoms. The van der Waals surface area contributed by atoms with Crippen LogP contribution in [0.25, 0.3) is 0 Å². The Morgan fingerprint density at radius 1 is 1.15 bits per heavy atom. The smallest absolute Gasteiger partial charge is 0.255 e. The average molecular weight is 348 g/mol. The highest BCUT2D eigenvalue weighted by Gasteiger charge is 2.41. The number of nitriles is 1. The van der Waals surface area contributed by atoms with E-state index < -0.39 is 5.54 Å². The second-order valence-electron chi connectivity index (χ2n) is 6.77. The van der Waals surface area contributed by atoms with Crippen molar-refractivity contribution in [3.05, 3.63) is 65.7 Å². The fourth-order valence-corrected chi connectivity index (χ4v) is 3.64. The summed E-state index contributed by atoms with van der Waals surface area (Å²) in [6, 6.07) is 19.7. The fourth-order valence-electron chi connectivity index (χ4n) is 3.64. The van der Waals surface area contributed by atoms with Gasteiger partial charge in [0.1, 0.15) is 11.3 Å². The number of likely N-dealkylation sites (tertiary alicyclic amines) is 1. The van der Waals surface area contributed by atoms with Crippen molar-refractivity contribution in [2.75, 3.05) is 13.7 Å². The third kappa shape index (κ3) is 3.72. The Labute approximate surface area is 155 Å². The molecule has 0 radical (unpaired) electrons. The zero-order chi connectivity index (χ0) is 18.4. The number of hydrogen-bond donors (Lipinski definition) is 0. The van der Waals surface area contributed by atoms with Crippen LogP contribution in [0.3, 0.4) is 0 Å². The Hall–Kier alpha value is -2.80. The number of aryl methyl sites for hydroxylation is 1. The van der Waals surface area contributed by atoms with E-state index in [0.29, 0.717) is 18.5 Å². The van der Waals surface area contributed by atoms with Gasteiger partial charge < -0.3 is 9.64 Å². The zero-order valence-electron chi connectivity index (χ0n) is 15.1. The summed E-state index contributed by atoms with van der Waals surface area (Å²) in [5, 5.41) is 10.0. The highest BCUT2D eigenvalue weighted by Crippen LogP contribution is 2.33. The van der Waals surface area contributed by atoms with E-state index in [1.807, 2.05) is 54.6 Å². The van der Waals surface area contributed by atoms with Crippen LogP contribution in [0.15, 0.2) is 54.6 Å². The molecule has 1 aliphatic heterocycles. The summed E-state index contributed by atoms with van der Waals surface area (Å²) in [5.41, 5.74) is 1.07. The molecule has 1 unspecified atom stereocenters. The molecular weight excluding hydrogens is 324 g/mol. The first kappa shape index (κ1) is 18.0. The molecular formula is C22H24N2O2. The second-order valence-corrected chi connectivity index (χ2v) is 6.77. The van der Waals surface area contributed by atoms with Crippen LogP contribution in [-0.2, 0) is 6.42 Å². The molecule has 0 aromatic heterocycles. The minimum Gasteiger partial charge on any atom is -0.497 e. The van der Waals surface area contributed by atoms with Gasteiger partial charge in [0.25, 0.3) is 5.91 Å². The van der Waals surface area contributed by atoms with Gasteiger partial charge in [-0.2, -0.15) is 5.26 Å². The Morgan fingerprint density at radius 3 is 2.54 bits per heavy atom. The molecule has 0 aliphatic carbocycles. The predicted molar refractivity (Wildman–Crippen MR) is 101 cm³/mol. The van der Waals surface area contributed by atoms with E-state index >= 15 is 0 Å². The summed E-state index contributed by atoms with van der Waals surface area (Å²) in [5.74, 6) is 0.781. The third-order valence-corrected chi connectivity index (χ3v) is 5.20. The number of amides is 1. The molecule has 0 saturated carbocycles. The highest BCUT2D eigenvalue weighted by molar-refractivity contribution is 5.95. The quantitative estimate of drug-likeness (QED) is 0.813. The minimum absolute atomic E-state index is 0.0402. The molecule has 2 aromatic rings. The van der Waals surface area contributed by atoms with Gasteiger partial charge in [-0.1, -0.05) is 30.3 Å². The zero-order valence-corrected chi connectivity index (χ0v) is 15.1. The Morgan fingerprint density at radius 2 is 1.88 bits per heavy atom. The van der Waals surface area contributed by atoms with Crippen LogP contribution in [0.2, 0.25) is 0 Å². The van der Waals surface area contributed by atoms with E-state index in [1.54, 1.807) is 12.0 Å². The Balaban J connectivity index is 1.79. The van der Waals surface area contributed by atoms with Crippen LogP contribution in [0.1, 0.15) is 41.6 Å². The largest absolute Gasteiger partial charge is 0.497 e. The lowest BCUT2D eigenvalue weighted by molar-refractivity contribution is 0.0459. The number of methoxy groups -OCH3 is 1. The van der Waals surface area contributed by atoms with E-state index in [0.717, 1.165) is 37.0 Å². The molecule has 4 heteroatoms. The van der Waals surface area contributed by atoms with Gasteiger partial charge >= 0.3 is 0 Å². The molecule has 1 saturated heterocycles. The van der Waals surface area contributed by atoms with Crippen molar-refractivity contribution < 1.29 is 9.53 Å². The van der Waals surface area contributed by atoms with E-state index in [-0.39, 0.29) is 5.91 Å². The Kier molecular flexibility index (Phi) is 5.58. The summed E-state index contributed by atoms with van der Waals surface area (Å²) < 4.78 is 5.20. The third-order valence-electron chi connectivity index (χ3n) is 5.20. The maximum atomic E-state index is 13.0. The van der Waals surface area contributed by atoms with Crippen molar-refractivity contribution in [3.8, 4) is 11.8 Å². The van der Waals surface area contributed by atoms with Gasteiger partial charge in [-0.05, 0) is 61.9 Å². The lowest BCUT2D eigenvalue weighted by Crippen LogP contribution is -2.54. The van der Waals surface area contributed by atoms with Crippen LogP contribution in [0.5, 0.6) is 5.75 Å². The van der Waals surface area contributed by atoms with Crippen molar-refractivity contribution in [1.82, 2.24) is 4.90 Å². The first-order chi connectivity index (χ1) is 12.7. The minimum atomic E-state index is -0.731. The molecule has 134 valence electrons. The lowest BCUT2D eigenvalue weighted by Gasteiger charge is -2.42. The number of nitrogens with zero attached hydrogens (tertiary/aromatic N) is 2.